The molecular formula is C71H55N5Si2. The lowest BCUT2D eigenvalue weighted by Gasteiger charge is -2.40. The summed E-state index contributed by atoms with van der Waals surface area (Å²) >= 11 is 0. The Kier molecular flexibility index (Phi) is 10.5. The number of benzene rings is 11. The van der Waals surface area contributed by atoms with Crippen LogP contribution < -0.4 is 20.2 Å². The molecule has 0 amide bonds. The molecule has 372 valence electrons. The van der Waals surface area contributed by atoms with E-state index in [1.165, 1.54) is 76.3 Å². The molecule has 14 rings (SSSR count). The lowest BCUT2D eigenvalue weighted by Crippen LogP contribution is -2.37. The van der Waals surface area contributed by atoms with E-state index in [1.54, 1.807) is 0 Å². The molecule has 0 N–H and O–H groups in total. The van der Waals surface area contributed by atoms with E-state index in [0.717, 1.165) is 50.6 Å². The molecule has 11 aromatic carbocycles. The van der Waals surface area contributed by atoms with E-state index in [-0.39, 0.29) is 0 Å². The number of nitriles is 2. The first kappa shape index (κ1) is 47.2. The molecular weight excluding hydrogens is 979 g/mol. The maximum Gasteiger partial charge on any atom is 0.0991 e. The summed E-state index contributed by atoms with van der Waals surface area (Å²) < 4.78 is 2.52. The number of anilines is 6. The van der Waals surface area contributed by atoms with Gasteiger partial charge < -0.3 is 14.4 Å². The molecule has 0 bridgehead atoms. The van der Waals surface area contributed by atoms with E-state index in [4.69, 9.17) is 0 Å². The standard InChI is InChI=1S/C71H55N5Si2/c1-77(2,3)52-38-34-50(35-39-52)74(48-30-26-46(44-72)27-31-48)66-42-62-68(57-19-9-7-16-54(57)66)69-58-20-10-8-17-55(58)67(75(49-32-28-47(45-73)29-33-49)51-36-40-53(41-37-51)78(4,5)6)43-63(69)71(62)60-22-12-14-25-65(60)76-64-24-13-11-18-56(64)59-21-15-23-61(71)70(59)76/h7-43H,1-6H3. The van der Waals surface area contributed by atoms with Gasteiger partial charge in [0.1, 0.15) is 0 Å². The highest BCUT2D eigenvalue weighted by molar-refractivity contribution is 6.89. The number of hydrogen-bond donors (Lipinski definition) is 0. The van der Waals surface area contributed by atoms with Crippen LogP contribution in [0.15, 0.2) is 224 Å². The van der Waals surface area contributed by atoms with E-state index in [9.17, 15) is 10.5 Å². The molecule has 2 aliphatic rings. The molecule has 5 nitrogen and oxygen atoms in total. The molecule has 1 aliphatic carbocycles. The van der Waals surface area contributed by atoms with E-state index >= 15 is 0 Å². The molecule has 7 heteroatoms. The zero-order chi connectivity index (χ0) is 53.2. The molecule has 1 aromatic heterocycles. The predicted octanol–water partition coefficient (Wildman–Crippen LogP) is 17.5. The van der Waals surface area contributed by atoms with Crippen molar-refractivity contribution in [3.8, 4) is 29.0 Å². The Balaban J connectivity index is 1.17. The average molecular weight is 1030 g/mol. The number of rotatable bonds is 8. The Labute approximate surface area is 457 Å². The van der Waals surface area contributed by atoms with Crippen LogP contribution in [0.2, 0.25) is 39.3 Å². The second-order valence-electron chi connectivity index (χ2n) is 23.1. The zero-order valence-electron chi connectivity index (χ0n) is 44.6. The predicted molar refractivity (Wildman–Crippen MR) is 331 cm³/mol. The molecule has 0 radical (unpaired) electrons. The van der Waals surface area contributed by atoms with E-state index in [2.05, 4.69) is 266 Å². The number of para-hydroxylation sites is 3. The third-order valence-corrected chi connectivity index (χ3v) is 20.9. The number of hydrogen-bond acceptors (Lipinski definition) is 4. The smallest absolute Gasteiger partial charge is 0.0991 e. The van der Waals surface area contributed by atoms with Crippen molar-refractivity contribution in [3.63, 3.8) is 0 Å². The van der Waals surface area contributed by atoms with Crippen molar-refractivity contribution in [1.29, 1.82) is 10.5 Å². The SMILES string of the molecule is C[Si](C)(C)c1ccc(N(c2ccc(C#N)cc2)c2cc3c(c4ccccc24)-c2c(cc(N(c4ccc(C#N)cc4)c4ccc([Si](C)(C)C)cc4)c4ccccc24)C32c3ccccc3-n3c4ccccc4c4cccc2c43)cc1. The summed E-state index contributed by atoms with van der Waals surface area (Å²) in [4.78, 5) is 4.84. The largest absolute Gasteiger partial charge is 0.310 e. The minimum atomic E-state index is -1.65. The summed E-state index contributed by atoms with van der Waals surface area (Å²) in [6, 6.07) is 87.4. The highest BCUT2D eigenvalue weighted by Crippen LogP contribution is 2.65. The van der Waals surface area contributed by atoms with Crippen molar-refractivity contribution in [2.75, 3.05) is 9.80 Å². The minimum absolute atomic E-state index is 0.619. The van der Waals surface area contributed by atoms with Gasteiger partial charge in [0.05, 0.1) is 72.9 Å². The van der Waals surface area contributed by atoms with Gasteiger partial charge in [0.2, 0.25) is 0 Å². The highest BCUT2D eigenvalue weighted by atomic mass is 28.3. The number of aromatic nitrogens is 1. The van der Waals surface area contributed by atoms with Crippen LogP contribution in [0.25, 0.3) is 60.2 Å². The van der Waals surface area contributed by atoms with E-state index in [1.807, 2.05) is 24.3 Å². The van der Waals surface area contributed by atoms with Crippen molar-refractivity contribution < 1.29 is 0 Å². The summed E-state index contributed by atoms with van der Waals surface area (Å²) in [7, 11) is -3.29. The fourth-order valence-electron chi connectivity index (χ4n) is 13.1. The maximum absolute atomic E-state index is 10.1. The van der Waals surface area contributed by atoms with Crippen molar-refractivity contribution in [2.24, 2.45) is 0 Å². The van der Waals surface area contributed by atoms with Gasteiger partial charge in [-0.05, 0) is 141 Å². The second kappa shape index (κ2) is 17.4. The van der Waals surface area contributed by atoms with Crippen LogP contribution in [0, 0.1) is 22.7 Å². The van der Waals surface area contributed by atoms with Gasteiger partial charge in [-0.2, -0.15) is 10.5 Å². The Hall–Kier alpha value is -9.25. The Bertz CT molecular complexity index is 4320. The lowest BCUT2D eigenvalue weighted by molar-refractivity contribution is 0.749. The van der Waals surface area contributed by atoms with Crippen LogP contribution in [0.4, 0.5) is 34.1 Å². The van der Waals surface area contributed by atoms with Crippen LogP contribution >= 0.6 is 0 Å². The van der Waals surface area contributed by atoms with Crippen LogP contribution in [0.3, 0.4) is 0 Å². The van der Waals surface area contributed by atoms with Crippen molar-refractivity contribution in [2.45, 2.75) is 44.7 Å². The summed E-state index contributed by atoms with van der Waals surface area (Å²) in [5, 5.41) is 30.0. The molecule has 1 aliphatic heterocycles. The molecule has 0 saturated carbocycles. The summed E-state index contributed by atoms with van der Waals surface area (Å²) in [6.07, 6.45) is 0. The molecule has 12 aromatic rings. The minimum Gasteiger partial charge on any atom is -0.310 e. The summed E-state index contributed by atoms with van der Waals surface area (Å²) in [5.41, 5.74) is 17.4. The van der Waals surface area contributed by atoms with Crippen LogP contribution in [-0.2, 0) is 5.41 Å². The van der Waals surface area contributed by atoms with Gasteiger partial charge in [0.15, 0.2) is 0 Å². The Morgan fingerprint density at radius 2 is 0.756 bits per heavy atom. The fraction of sp³-hybridized carbons (Fsp3) is 0.0986. The van der Waals surface area contributed by atoms with Crippen molar-refractivity contribution in [1.82, 2.24) is 4.57 Å². The first-order valence-corrected chi connectivity index (χ1v) is 34.0. The van der Waals surface area contributed by atoms with Gasteiger partial charge in [-0.15, -0.1) is 0 Å². The topological polar surface area (TPSA) is 59.0 Å². The van der Waals surface area contributed by atoms with Gasteiger partial charge in [0.25, 0.3) is 0 Å². The Morgan fingerprint density at radius 1 is 0.372 bits per heavy atom. The molecule has 2 heterocycles. The highest BCUT2D eigenvalue weighted by Gasteiger charge is 2.53. The molecule has 1 spiro atoms. The molecule has 78 heavy (non-hydrogen) atoms. The van der Waals surface area contributed by atoms with Gasteiger partial charge in [0, 0.05) is 44.3 Å². The van der Waals surface area contributed by atoms with E-state index < -0.39 is 21.6 Å². The van der Waals surface area contributed by atoms with Crippen LogP contribution in [0.1, 0.15) is 33.4 Å². The van der Waals surface area contributed by atoms with Gasteiger partial charge in [-0.25, -0.2) is 0 Å². The van der Waals surface area contributed by atoms with E-state index in [0.29, 0.717) is 11.1 Å². The third-order valence-electron chi connectivity index (χ3n) is 16.7. The second-order valence-corrected chi connectivity index (χ2v) is 33.3. The van der Waals surface area contributed by atoms with Gasteiger partial charge >= 0.3 is 0 Å². The zero-order valence-corrected chi connectivity index (χ0v) is 46.6. The monoisotopic (exact) mass is 1030 g/mol. The first-order valence-electron chi connectivity index (χ1n) is 27.0. The van der Waals surface area contributed by atoms with Crippen molar-refractivity contribution in [3.05, 3.63) is 258 Å². The van der Waals surface area contributed by atoms with Gasteiger partial charge in [-0.3, -0.25) is 0 Å². The Morgan fingerprint density at radius 3 is 1.22 bits per heavy atom. The molecule has 0 unspecified atom stereocenters. The molecule has 0 saturated heterocycles. The van der Waals surface area contributed by atoms with Crippen LogP contribution in [0.5, 0.6) is 0 Å². The molecule has 0 atom stereocenters. The van der Waals surface area contributed by atoms with Gasteiger partial charge in [-0.1, -0.05) is 177 Å². The molecule has 0 fully saturated rings. The number of fused-ring (bicyclic) bond motifs is 16. The lowest BCUT2D eigenvalue weighted by atomic mass is 9.65. The number of nitrogens with zero attached hydrogens (tertiary/aromatic N) is 5. The summed E-state index contributed by atoms with van der Waals surface area (Å²) in [5.74, 6) is 0. The maximum atomic E-state index is 10.1. The summed E-state index contributed by atoms with van der Waals surface area (Å²) in [6.45, 7) is 14.4. The van der Waals surface area contributed by atoms with Crippen LogP contribution in [-0.4, -0.2) is 20.7 Å². The normalized spacial score (nSPS) is 13.1. The third kappa shape index (κ3) is 6.88. The quantitative estimate of drug-likeness (QED) is 0.142. The average Bonchev–Trinajstić information content (AvgIpc) is 3.89. The fourth-order valence-corrected chi connectivity index (χ4v) is 15.4. The van der Waals surface area contributed by atoms with Crippen molar-refractivity contribution >= 4 is 104 Å². The first-order chi connectivity index (χ1) is 37.9.